The molecule has 0 saturated carbocycles. The van der Waals surface area contributed by atoms with Gasteiger partial charge in [-0.25, -0.2) is 9.37 Å². The zero-order valence-corrected chi connectivity index (χ0v) is 13.7. The van der Waals surface area contributed by atoms with E-state index in [9.17, 15) is 4.39 Å². The second-order valence-electron chi connectivity index (χ2n) is 5.86. The van der Waals surface area contributed by atoms with E-state index in [1.54, 1.807) is 12.1 Å². The molecule has 2 aromatic carbocycles. The van der Waals surface area contributed by atoms with Gasteiger partial charge in [-0.3, -0.25) is 0 Å². The van der Waals surface area contributed by atoms with Crippen molar-refractivity contribution in [2.75, 3.05) is 5.32 Å². The van der Waals surface area contributed by atoms with E-state index in [4.69, 9.17) is 4.52 Å². The molecule has 0 atom stereocenters. The number of rotatable bonds is 3. The van der Waals surface area contributed by atoms with Crippen LogP contribution >= 0.6 is 0 Å². The van der Waals surface area contributed by atoms with Crippen molar-refractivity contribution in [1.82, 2.24) is 15.1 Å². The molecular formula is C19H15FN4O. The van der Waals surface area contributed by atoms with Gasteiger partial charge in [-0.05, 0) is 61.4 Å². The Balaban J connectivity index is 1.82. The Kier molecular flexibility index (Phi) is 3.65. The Labute approximate surface area is 143 Å². The summed E-state index contributed by atoms with van der Waals surface area (Å²) < 4.78 is 18.5. The summed E-state index contributed by atoms with van der Waals surface area (Å²) >= 11 is 0. The molecule has 0 radical (unpaired) electrons. The molecule has 1 N–H and O–H groups in total. The maximum absolute atomic E-state index is 13.2. The van der Waals surface area contributed by atoms with Crippen LogP contribution in [-0.4, -0.2) is 15.1 Å². The number of nitrogens with zero attached hydrogens (tertiary/aromatic N) is 3. The topological polar surface area (TPSA) is 63.8 Å². The fourth-order valence-electron chi connectivity index (χ4n) is 2.64. The number of nitrogens with one attached hydrogen (secondary N) is 1. The summed E-state index contributed by atoms with van der Waals surface area (Å²) in [5, 5.41) is 8.05. The standard InChI is InChI=1S/C19H15FN4O/c1-11-3-8-15(9-12(11)2)23-18-16-17(13-4-6-14(20)7-5-13)24-25-19(16)22-10-21-18/h3-10H,1-2H3,(H,21,22,23). The zero-order valence-electron chi connectivity index (χ0n) is 13.7. The lowest BCUT2D eigenvalue weighted by Gasteiger charge is -2.09. The second-order valence-corrected chi connectivity index (χ2v) is 5.86. The van der Waals surface area contributed by atoms with Crippen molar-refractivity contribution in [2.24, 2.45) is 0 Å². The predicted octanol–water partition coefficient (Wildman–Crippen LogP) is 4.78. The highest BCUT2D eigenvalue weighted by atomic mass is 19.1. The van der Waals surface area contributed by atoms with Crippen LogP contribution in [0.2, 0.25) is 0 Å². The van der Waals surface area contributed by atoms with Crippen LogP contribution < -0.4 is 5.32 Å². The summed E-state index contributed by atoms with van der Waals surface area (Å²) in [4.78, 5) is 8.46. The SMILES string of the molecule is Cc1ccc(Nc2ncnc3onc(-c4ccc(F)cc4)c23)cc1C. The van der Waals surface area contributed by atoms with Crippen LogP contribution in [0.3, 0.4) is 0 Å². The smallest absolute Gasteiger partial charge is 0.263 e. The minimum absolute atomic E-state index is 0.304. The predicted molar refractivity (Wildman–Crippen MR) is 94.2 cm³/mol. The first-order valence-corrected chi connectivity index (χ1v) is 7.82. The molecule has 2 heterocycles. The second kappa shape index (κ2) is 5.98. The van der Waals surface area contributed by atoms with E-state index in [-0.39, 0.29) is 5.82 Å². The average Bonchev–Trinajstić information content (AvgIpc) is 3.04. The number of benzene rings is 2. The number of halogens is 1. The third kappa shape index (κ3) is 2.82. The first kappa shape index (κ1) is 15.3. The molecule has 0 aliphatic heterocycles. The van der Waals surface area contributed by atoms with E-state index in [0.717, 1.165) is 11.3 Å². The van der Waals surface area contributed by atoms with E-state index in [2.05, 4.69) is 34.3 Å². The monoisotopic (exact) mass is 334 g/mol. The van der Waals surface area contributed by atoms with Gasteiger partial charge in [0.25, 0.3) is 5.71 Å². The number of fused-ring (bicyclic) bond motifs is 1. The number of hydrogen-bond donors (Lipinski definition) is 1. The van der Waals surface area contributed by atoms with Crippen molar-refractivity contribution in [3.8, 4) is 11.3 Å². The number of aryl methyl sites for hydroxylation is 2. The van der Waals surface area contributed by atoms with Crippen LogP contribution in [0.15, 0.2) is 53.3 Å². The van der Waals surface area contributed by atoms with E-state index in [0.29, 0.717) is 22.6 Å². The number of anilines is 2. The van der Waals surface area contributed by atoms with Crippen molar-refractivity contribution < 1.29 is 8.91 Å². The minimum Gasteiger partial charge on any atom is -0.339 e. The number of hydrogen-bond acceptors (Lipinski definition) is 5. The van der Waals surface area contributed by atoms with E-state index in [1.165, 1.54) is 29.6 Å². The summed E-state index contributed by atoms with van der Waals surface area (Å²) in [7, 11) is 0. The van der Waals surface area contributed by atoms with Crippen LogP contribution in [0, 0.1) is 19.7 Å². The maximum atomic E-state index is 13.2. The highest BCUT2D eigenvalue weighted by Gasteiger charge is 2.17. The van der Waals surface area contributed by atoms with Crippen molar-refractivity contribution in [3.05, 3.63) is 65.7 Å². The van der Waals surface area contributed by atoms with Gasteiger partial charge in [-0.15, -0.1) is 0 Å². The summed E-state index contributed by atoms with van der Waals surface area (Å²) in [5.41, 5.74) is 4.99. The fourth-order valence-corrected chi connectivity index (χ4v) is 2.64. The summed E-state index contributed by atoms with van der Waals surface area (Å²) in [6, 6.07) is 12.2. The van der Waals surface area contributed by atoms with Crippen molar-refractivity contribution in [2.45, 2.75) is 13.8 Å². The van der Waals surface area contributed by atoms with Crippen molar-refractivity contribution in [3.63, 3.8) is 0 Å². The lowest BCUT2D eigenvalue weighted by Crippen LogP contribution is -1.96. The molecule has 0 spiro atoms. The minimum atomic E-state index is -0.304. The Bertz CT molecular complexity index is 1060. The Hall–Kier alpha value is -3.28. The van der Waals surface area contributed by atoms with Gasteiger partial charge in [0.2, 0.25) is 0 Å². The lowest BCUT2D eigenvalue weighted by molar-refractivity contribution is 0.451. The van der Waals surface area contributed by atoms with Gasteiger partial charge in [0.05, 0.1) is 0 Å². The number of aromatic nitrogens is 3. The van der Waals surface area contributed by atoms with Crippen LogP contribution in [0.4, 0.5) is 15.9 Å². The molecule has 4 rings (SSSR count). The first-order valence-electron chi connectivity index (χ1n) is 7.82. The van der Waals surface area contributed by atoms with Crippen LogP contribution in [0.1, 0.15) is 11.1 Å². The van der Waals surface area contributed by atoms with E-state index in [1.807, 2.05) is 18.2 Å². The molecule has 124 valence electrons. The van der Waals surface area contributed by atoms with Gasteiger partial charge in [-0.2, -0.15) is 4.98 Å². The molecule has 0 amide bonds. The molecule has 0 bridgehead atoms. The molecule has 0 saturated heterocycles. The summed E-state index contributed by atoms with van der Waals surface area (Å²) in [5.74, 6) is 0.287. The van der Waals surface area contributed by atoms with Gasteiger partial charge >= 0.3 is 0 Å². The molecule has 25 heavy (non-hydrogen) atoms. The normalized spacial score (nSPS) is 11.0. The third-order valence-electron chi connectivity index (χ3n) is 4.16. The highest BCUT2D eigenvalue weighted by molar-refractivity contribution is 5.98. The largest absolute Gasteiger partial charge is 0.339 e. The highest BCUT2D eigenvalue weighted by Crippen LogP contribution is 2.32. The summed E-state index contributed by atoms with van der Waals surface area (Å²) in [6.45, 7) is 4.12. The first-order chi connectivity index (χ1) is 12.1. The van der Waals surface area contributed by atoms with Gasteiger partial charge in [-0.1, -0.05) is 11.2 Å². The van der Waals surface area contributed by atoms with Gasteiger partial charge in [0, 0.05) is 11.3 Å². The average molecular weight is 334 g/mol. The third-order valence-corrected chi connectivity index (χ3v) is 4.16. The maximum Gasteiger partial charge on any atom is 0.263 e. The fraction of sp³-hybridized carbons (Fsp3) is 0.105. The summed E-state index contributed by atoms with van der Waals surface area (Å²) in [6.07, 6.45) is 1.42. The van der Waals surface area contributed by atoms with E-state index < -0.39 is 0 Å². The van der Waals surface area contributed by atoms with Crippen LogP contribution in [-0.2, 0) is 0 Å². The van der Waals surface area contributed by atoms with Crippen molar-refractivity contribution >= 4 is 22.6 Å². The van der Waals surface area contributed by atoms with Gasteiger partial charge < -0.3 is 9.84 Å². The molecule has 5 nitrogen and oxygen atoms in total. The van der Waals surface area contributed by atoms with Crippen molar-refractivity contribution in [1.29, 1.82) is 0 Å². The van der Waals surface area contributed by atoms with Gasteiger partial charge in [0.15, 0.2) is 0 Å². The Morgan fingerprint density at radius 2 is 1.76 bits per heavy atom. The quantitative estimate of drug-likeness (QED) is 0.584. The van der Waals surface area contributed by atoms with Crippen LogP contribution in [0.5, 0.6) is 0 Å². The molecule has 0 aliphatic rings. The zero-order chi connectivity index (χ0) is 17.4. The Morgan fingerprint density at radius 1 is 0.960 bits per heavy atom. The molecule has 0 aliphatic carbocycles. The van der Waals surface area contributed by atoms with E-state index >= 15 is 0 Å². The molecule has 0 fully saturated rings. The van der Waals surface area contributed by atoms with Gasteiger partial charge in [0.1, 0.15) is 29.0 Å². The van der Waals surface area contributed by atoms with Crippen LogP contribution in [0.25, 0.3) is 22.4 Å². The molecule has 4 aromatic rings. The molecule has 6 heteroatoms. The molecule has 2 aromatic heterocycles. The molecular weight excluding hydrogens is 319 g/mol. The molecule has 0 unspecified atom stereocenters. The Morgan fingerprint density at radius 3 is 2.52 bits per heavy atom. The lowest BCUT2D eigenvalue weighted by atomic mass is 10.1.